The lowest BCUT2D eigenvalue weighted by molar-refractivity contribution is 0.252. The van der Waals surface area contributed by atoms with Gasteiger partial charge in [0, 0.05) is 45.6 Å². The number of nitrogens with zero attached hydrogens (tertiary/aromatic N) is 2. The smallest absolute Gasteiger partial charge is 0.321 e. The zero-order chi connectivity index (χ0) is 17.5. The second-order valence-electron chi connectivity index (χ2n) is 4.96. The Kier molecular flexibility index (Phi) is 6.27. The fourth-order valence-electron chi connectivity index (χ4n) is 1.98. The van der Waals surface area contributed by atoms with Crippen LogP contribution in [0.5, 0.6) is 0 Å². The highest BCUT2D eigenvalue weighted by Gasteiger charge is 2.07. The second-order valence-corrected chi connectivity index (χ2v) is 7.43. The number of anilines is 1. The maximum Gasteiger partial charge on any atom is 0.321 e. The molecule has 0 bridgehead atoms. The highest BCUT2D eigenvalue weighted by Crippen LogP contribution is 2.24. The number of halogens is 1. The van der Waals surface area contributed by atoms with Crippen molar-refractivity contribution in [3.8, 4) is 11.3 Å². The Balaban J connectivity index is 1.42. The molecule has 2 N–H and O–H groups in total. The quantitative estimate of drug-likeness (QED) is 0.470. The molecular formula is C17H15ClN4OS2. The SMILES string of the molecule is O=C(NCCSc1ccc(Cl)cc1)Nc1nc(-c2cccnc2)cs1. The van der Waals surface area contributed by atoms with Crippen molar-refractivity contribution in [1.82, 2.24) is 15.3 Å². The summed E-state index contributed by atoms with van der Waals surface area (Å²) in [5, 5.41) is 8.74. The molecule has 0 unspecified atom stereocenters. The number of aromatic nitrogens is 2. The van der Waals surface area contributed by atoms with Crippen molar-refractivity contribution >= 4 is 45.9 Å². The molecule has 128 valence electrons. The van der Waals surface area contributed by atoms with E-state index in [0.717, 1.165) is 26.9 Å². The maximum absolute atomic E-state index is 11.9. The molecule has 0 aliphatic carbocycles. The highest BCUT2D eigenvalue weighted by molar-refractivity contribution is 7.99. The van der Waals surface area contributed by atoms with Gasteiger partial charge in [-0.1, -0.05) is 11.6 Å². The van der Waals surface area contributed by atoms with E-state index in [9.17, 15) is 4.79 Å². The van der Waals surface area contributed by atoms with E-state index in [0.29, 0.717) is 11.7 Å². The minimum atomic E-state index is -0.260. The van der Waals surface area contributed by atoms with Gasteiger partial charge in [-0.3, -0.25) is 10.3 Å². The maximum atomic E-state index is 11.9. The molecular weight excluding hydrogens is 376 g/mol. The van der Waals surface area contributed by atoms with Gasteiger partial charge in [0.2, 0.25) is 0 Å². The summed E-state index contributed by atoms with van der Waals surface area (Å²) in [7, 11) is 0. The van der Waals surface area contributed by atoms with E-state index >= 15 is 0 Å². The lowest BCUT2D eigenvalue weighted by atomic mass is 10.2. The number of thiazole rings is 1. The normalized spacial score (nSPS) is 10.4. The molecule has 0 aliphatic rings. The van der Waals surface area contributed by atoms with Crippen LogP contribution in [0.4, 0.5) is 9.93 Å². The molecule has 0 fully saturated rings. The van der Waals surface area contributed by atoms with E-state index < -0.39 is 0 Å². The van der Waals surface area contributed by atoms with Crippen molar-refractivity contribution < 1.29 is 4.79 Å². The zero-order valence-electron chi connectivity index (χ0n) is 13.1. The van der Waals surface area contributed by atoms with Gasteiger partial charge in [-0.15, -0.1) is 23.1 Å². The van der Waals surface area contributed by atoms with E-state index in [1.54, 1.807) is 24.2 Å². The second kappa shape index (κ2) is 8.84. The van der Waals surface area contributed by atoms with Crippen LogP contribution in [0.25, 0.3) is 11.3 Å². The van der Waals surface area contributed by atoms with Gasteiger partial charge in [0.05, 0.1) is 5.69 Å². The first-order valence-corrected chi connectivity index (χ1v) is 9.74. The fraction of sp³-hybridized carbons (Fsp3) is 0.118. The summed E-state index contributed by atoms with van der Waals surface area (Å²) >= 11 is 8.89. The Morgan fingerprint density at radius 2 is 2.08 bits per heavy atom. The fourth-order valence-corrected chi connectivity index (χ4v) is 3.59. The third kappa shape index (κ3) is 5.45. The number of nitrogens with one attached hydrogen (secondary N) is 2. The lowest BCUT2D eigenvalue weighted by Crippen LogP contribution is -2.30. The lowest BCUT2D eigenvalue weighted by Gasteiger charge is -2.05. The van der Waals surface area contributed by atoms with Crippen molar-refractivity contribution in [3.05, 3.63) is 59.2 Å². The van der Waals surface area contributed by atoms with E-state index in [4.69, 9.17) is 11.6 Å². The number of carbonyl (C=O) groups excluding carboxylic acids is 1. The Morgan fingerprint density at radius 1 is 1.24 bits per heavy atom. The van der Waals surface area contributed by atoms with Crippen molar-refractivity contribution in [1.29, 1.82) is 0 Å². The van der Waals surface area contributed by atoms with Crippen molar-refractivity contribution in [2.45, 2.75) is 4.90 Å². The van der Waals surface area contributed by atoms with Crippen LogP contribution in [0.1, 0.15) is 0 Å². The summed E-state index contributed by atoms with van der Waals surface area (Å²) in [6.07, 6.45) is 3.46. The molecule has 0 saturated carbocycles. The van der Waals surface area contributed by atoms with Gasteiger partial charge in [0.15, 0.2) is 5.13 Å². The third-order valence-corrected chi connectivity index (χ3v) is 5.18. The first kappa shape index (κ1) is 17.7. The predicted octanol–water partition coefficient (Wildman–Crippen LogP) is 4.77. The van der Waals surface area contributed by atoms with Crippen LogP contribution in [-0.2, 0) is 0 Å². The molecule has 5 nitrogen and oxygen atoms in total. The Hall–Kier alpha value is -2.09. The van der Waals surface area contributed by atoms with Crippen molar-refractivity contribution in [2.75, 3.05) is 17.6 Å². The number of rotatable bonds is 6. The van der Waals surface area contributed by atoms with Crippen LogP contribution in [0.3, 0.4) is 0 Å². The molecule has 0 radical (unpaired) electrons. The molecule has 2 amide bonds. The van der Waals surface area contributed by atoms with Crippen LogP contribution < -0.4 is 10.6 Å². The Morgan fingerprint density at radius 3 is 2.84 bits per heavy atom. The average Bonchev–Trinajstić information content (AvgIpc) is 3.09. The summed E-state index contributed by atoms with van der Waals surface area (Å²) in [4.78, 5) is 21.5. The number of urea groups is 1. The van der Waals surface area contributed by atoms with Crippen molar-refractivity contribution in [3.63, 3.8) is 0 Å². The van der Waals surface area contributed by atoms with Gasteiger partial charge < -0.3 is 5.32 Å². The summed E-state index contributed by atoms with van der Waals surface area (Å²) in [5.41, 5.74) is 1.72. The third-order valence-electron chi connectivity index (χ3n) is 3.15. The molecule has 2 aromatic heterocycles. The summed E-state index contributed by atoms with van der Waals surface area (Å²) in [6.45, 7) is 0.556. The van der Waals surface area contributed by atoms with Crippen LogP contribution >= 0.6 is 34.7 Å². The molecule has 0 aliphatic heterocycles. The monoisotopic (exact) mass is 390 g/mol. The standard InChI is InChI=1S/C17H15ClN4OS2/c18-13-3-5-14(6-4-13)24-9-8-20-16(23)22-17-21-15(11-25-17)12-2-1-7-19-10-12/h1-7,10-11H,8-9H2,(H2,20,21,22,23). The molecule has 8 heteroatoms. The molecule has 0 spiro atoms. The van der Waals surface area contributed by atoms with Gasteiger partial charge >= 0.3 is 6.03 Å². The summed E-state index contributed by atoms with van der Waals surface area (Å²) in [6, 6.07) is 11.2. The summed E-state index contributed by atoms with van der Waals surface area (Å²) in [5.74, 6) is 0.772. The van der Waals surface area contributed by atoms with Crippen LogP contribution in [-0.4, -0.2) is 28.3 Å². The van der Waals surface area contributed by atoms with Gasteiger partial charge in [-0.05, 0) is 36.4 Å². The zero-order valence-corrected chi connectivity index (χ0v) is 15.5. The number of amides is 2. The van der Waals surface area contributed by atoms with Crippen LogP contribution in [0.2, 0.25) is 5.02 Å². The average molecular weight is 391 g/mol. The van der Waals surface area contributed by atoms with E-state index in [-0.39, 0.29) is 6.03 Å². The van der Waals surface area contributed by atoms with Gasteiger partial charge in [0.1, 0.15) is 0 Å². The largest absolute Gasteiger partial charge is 0.337 e. The predicted molar refractivity (Wildman–Crippen MR) is 105 cm³/mol. The van der Waals surface area contributed by atoms with E-state index in [1.165, 1.54) is 11.3 Å². The first-order chi connectivity index (χ1) is 12.2. The van der Waals surface area contributed by atoms with Gasteiger partial charge in [-0.25, -0.2) is 9.78 Å². The minimum Gasteiger partial charge on any atom is -0.337 e. The molecule has 3 aromatic rings. The van der Waals surface area contributed by atoms with Gasteiger partial charge in [0.25, 0.3) is 0 Å². The molecule has 2 heterocycles. The van der Waals surface area contributed by atoms with Crippen LogP contribution in [0.15, 0.2) is 59.1 Å². The Labute approximate surface area is 158 Å². The Bertz CT molecular complexity index is 824. The van der Waals surface area contributed by atoms with Gasteiger partial charge in [-0.2, -0.15) is 0 Å². The molecule has 25 heavy (non-hydrogen) atoms. The number of pyridine rings is 1. The highest BCUT2D eigenvalue weighted by atomic mass is 35.5. The molecule has 1 aromatic carbocycles. The number of thioether (sulfide) groups is 1. The molecule has 0 saturated heterocycles. The topological polar surface area (TPSA) is 66.9 Å². The van der Waals surface area contributed by atoms with E-state index in [2.05, 4.69) is 20.6 Å². The minimum absolute atomic E-state index is 0.260. The summed E-state index contributed by atoms with van der Waals surface area (Å²) < 4.78 is 0. The first-order valence-electron chi connectivity index (χ1n) is 7.50. The number of hydrogen-bond donors (Lipinski definition) is 2. The molecule has 0 atom stereocenters. The number of benzene rings is 1. The number of carbonyl (C=O) groups is 1. The molecule has 3 rings (SSSR count). The van der Waals surface area contributed by atoms with E-state index in [1.807, 2.05) is 41.8 Å². The van der Waals surface area contributed by atoms with Crippen molar-refractivity contribution in [2.24, 2.45) is 0 Å². The number of hydrogen-bond acceptors (Lipinski definition) is 5. The van der Waals surface area contributed by atoms with Crippen LogP contribution in [0, 0.1) is 0 Å².